The predicted molar refractivity (Wildman–Crippen MR) is 57.9 cm³/mol. The van der Waals surface area contributed by atoms with E-state index in [1.807, 2.05) is 0 Å². The Kier molecular flexibility index (Phi) is 2.90. The zero-order chi connectivity index (χ0) is 12.4. The lowest BCUT2D eigenvalue weighted by molar-refractivity contribution is 0.339. The van der Waals surface area contributed by atoms with Crippen LogP contribution in [0.1, 0.15) is 17.5 Å². The summed E-state index contributed by atoms with van der Waals surface area (Å²) < 4.78 is 11.6. The van der Waals surface area contributed by atoms with E-state index < -0.39 is 0 Å². The zero-order valence-corrected chi connectivity index (χ0v) is 9.80. The summed E-state index contributed by atoms with van der Waals surface area (Å²) in [6.45, 7) is 3.56. The van der Waals surface area contributed by atoms with Crippen LogP contribution in [0.4, 0.5) is 0 Å². The molecule has 0 saturated carbocycles. The van der Waals surface area contributed by atoms with Crippen LogP contribution in [0.5, 0.6) is 6.01 Å². The highest BCUT2D eigenvalue weighted by molar-refractivity contribution is 5.07. The summed E-state index contributed by atoms with van der Waals surface area (Å²) in [5, 5.41) is 7.51. The van der Waals surface area contributed by atoms with E-state index in [1.54, 1.807) is 13.8 Å². The van der Waals surface area contributed by atoms with E-state index in [1.165, 1.54) is 17.7 Å². The number of hydrogen-bond donors (Lipinski definition) is 0. The number of rotatable bonds is 3. The van der Waals surface area contributed by atoms with Crippen LogP contribution >= 0.6 is 0 Å². The molecule has 7 nitrogen and oxygen atoms in total. The van der Waals surface area contributed by atoms with Crippen LogP contribution in [0.2, 0.25) is 0 Å². The molecule has 90 valence electrons. The van der Waals surface area contributed by atoms with Gasteiger partial charge in [-0.2, -0.15) is 0 Å². The van der Waals surface area contributed by atoms with Gasteiger partial charge in [0.25, 0.3) is 11.6 Å². The van der Waals surface area contributed by atoms with Crippen LogP contribution in [-0.2, 0) is 6.54 Å². The molecule has 17 heavy (non-hydrogen) atoms. The summed E-state index contributed by atoms with van der Waals surface area (Å²) in [5.41, 5.74) is 0.384. The summed E-state index contributed by atoms with van der Waals surface area (Å²) in [4.78, 5) is 15.9. The molecular formula is C10H12N4O3. The molecular weight excluding hydrogens is 224 g/mol. The summed E-state index contributed by atoms with van der Waals surface area (Å²) >= 11 is 0. The van der Waals surface area contributed by atoms with Crippen molar-refractivity contribution in [3.63, 3.8) is 0 Å². The van der Waals surface area contributed by atoms with Crippen molar-refractivity contribution >= 4 is 0 Å². The van der Waals surface area contributed by atoms with Gasteiger partial charge in [0.1, 0.15) is 6.54 Å². The van der Waals surface area contributed by atoms with Gasteiger partial charge in [0.15, 0.2) is 0 Å². The van der Waals surface area contributed by atoms with Crippen molar-refractivity contribution in [3.05, 3.63) is 33.9 Å². The van der Waals surface area contributed by atoms with E-state index in [0.29, 0.717) is 17.5 Å². The molecule has 7 heteroatoms. The number of nitrogens with zero attached hydrogens (tertiary/aromatic N) is 4. The van der Waals surface area contributed by atoms with Gasteiger partial charge in [-0.05, 0) is 6.92 Å². The van der Waals surface area contributed by atoms with Gasteiger partial charge in [-0.25, -0.2) is 4.98 Å². The van der Waals surface area contributed by atoms with Crippen molar-refractivity contribution in [1.82, 2.24) is 19.7 Å². The van der Waals surface area contributed by atoms with E-state index in [4.69, 9.17) is 9.15 Å². The molecule has 0 N–H and O–H groups in total. The minimum Gasteiger partial charge on any atom is -0.468 e. The summed E-state index contributed by atoms with van der Waals surface area (Å²) in [6, 6.07) is 1.65. The highest BCUT2D eigenvalue weighted by atomic mass is 16.5. The number of ether oxygens (including phenoxy) is 1. The third kappa shape index (κ3) is 2.32. The van der Waals surface area contributed by atoms with Crippen molar-refractivity contribution in [3.8, 4) is 6.01 Å². The second-order valence-electron chi connectivity index (χ2n) is 3.52. The molecule has 0 aliphatic carbocycles. The molecule has 2 aromatic rings. The van der Waals surface area contributed by atoms with Crippen LogP contribution in [0.25, 0.3) is 0 Å². The monoisotopic (exact) mass is 236 g/mol. The van der Waals surface area contributed by atoms with E-state index in [2.05, 4.69) is 15.2 Å². The first-order valence-corrected chi connectivity index (χ1v) is 5.01. The number of methoxy groups -OCH3 is 1. The number of aromatic nitrogens is 4. The van der Waals surface area contributed by atoms with Gasteiger partial charge in [-0.1, -0.05) is 0 Å². The smallest absolute Gasteiger partial charge is 0.299 e. The summed E-state index contributed by atoms with van der Waals surface area (Å²) in [6.07, 6.45) is 0. The van der Waals surface area contributed by atoms with Crippen molar-refractivity contribution < 1.29 is 9.15 Å². The van der Waals surface area contributed by atoms with E-state index in [0.717, 1.165) is 0 Å². The van der Waals surface area contributed by atoms with E-state index in [-0.39, 0.29) is 18.1 Å². The van der Waals surface area contributed by atoms with Crippen LogP contribution < -0.4 is 10.3 Å². The number of hydrogen-bond acceptors (Lipinski definition) is 6. The quantitative estimate of drug-likeness (QED) is 0.762. The largest absolute Gasteiger partial charge is 0.468 e. The minimum absolute atomic E-state index is 0.149. The Morgan fingerprint density at radius 2 is 2.18 bits per heavy atom. The molecule has 0 amide bonds. The Hall–Kier alpha value is -2.18. The highest BCUT2D eigenvalue weighted by Gasteiger charge is 2.11. The van der Waals surface area contributed by atoms with E-state index in [9.17, 15) is 4.79 Å². The Labute approximate surface area is 97.1 Å². The summed E-state index contributed by atoms with van der Waals surface area (Å²) in [5.74, 6) is 0.792. The van der Waals surface area contributed by atoms with Gasteiger partial charge >= 0.3 is 0 Å². The molecule has 0 fully saturated rings. The Morgan fingerprint density at radius 1 is 1.41 bits per heavy atom. The molecule has 0 unspecified atom stereocenters. The normalized spacial score (nSPS) is 10.5. The Balaban J connectivity index is 2.41. The molecule has 2 rings (SSSR count). The molecule has 0 radical (unpaired) electrons. The fourth-order valence-electron chi connectivity index (χ4n) is 1.43. The fraction of sp³-hybridized carbons (Fsp3) is 0.400. The maximum absolute atomic E-state index is 11.8. The molecule has 0 atom stereocenters. The lowest BCUT2D eigenvalue weighted by Gasteiger charge is -2.08. The van der Waals surface area contributed by atoms with Crippen molar-refractivity contribution in [2.45, 2.75) is 20.4 Å². The summed E-state index contributed by atoms with van der Waals surface area (Å²) in [7, 11) is 1.46. The molecule has 0 saturated heterocycles. The van der Waals surface area contributed by atoms with Crippen molar-refractivity contribution in [2.24, 2.45) is 0 Å². The van der Waals surface area contributed by atoms with Gasteiger partial charge in [0.2, 0.25) is 11.8 Å². The SMILES string of the molecule is COc1nc(C)cc(=O)n1Cc1nnc(C)o1. The Bertz CT molecular complexity index is 587. The first-order chi connectivity index (χ1) is 8.10. The zero-order valence-electron chi connectivity index (χ0n) is 9.80. The Morgan fingerprint density at radius 3 is 2.76 bits per heavy atom. The first-order valence-electron chi connectivity index (χ1n) is 5.01. The van der Waals surface area contributed by atoms with Gasteiger partial charge in [0, 0.05) is 18.7 Å². The van der Waals surface area contributed by atoms with Gasteiger partial charge < -0.3 is 9.15 Å². The maximum Gasteiger partial charge on any atom is 0.299 e. The molecule has 2 heterocycles. The molecule has 0 aromatic carbocycles. The maximum atomic E-state index is 11.8. The fourth-order valence-corrected chi connectivity index (χ4v) is 1.43. The minimum atomic E-state index is -0.217. The molecule has 0 bridgehead atoms. The van der Waals surface area contributed by atoms with Crippen LogP contribution in [0.15, 0.2) is 15.3 Å². The molecule has 0 aliphatic rings. The van der Waals surface area contributed by atoms with Crippen LogP contribution in [0, 0.1) is 13.8 Å². The van der Waals surface area contributed by atoms with Crippen molar-refractivity contribution in [2.75, 3.05) is 7.11 Å². The van der Waals surface area contributed by atoms with Gasteiger partial charge in [-0.3, -0.25) is 9.36 Å². The second-order valence-corrected chi connectivity index (χ2v) is 3.52. The number of aryl methyl sites for hydroxylation is 2. The third-order valence-electron chi connectivity index (χ3n) is 2.15. The molecule has 0 aliphatic heterocycles. The molecule has 2 aromatic heterocycles. The third-order valence-corrected chi connectivity index (χ3v) is 2.15. The van der Waals surface area contributed by atoms with Gasteiger partial charge in [-0.15, -0.1) is 10.2 Å². The van der Waals surface area contributed by atoms with E-state index >= 15 is 0 Å². The van der Waals surface area contributed by atoms with Crippen LogP contribution in [0.3, 0.4) is 0 Å². The predicted octanol–water partition coefficient (Wildman–Crippen LogP) is 0.300. The average molecular weight is 236 g/mol. The first kappa shape index (κ1) is 11.3. The topological polar surface area (TPSA) is 83.0 Å². The van der Waals surface area contributed by atoms with Gasteiger partial charge in [0.05, 0.1) is 7.11 Å². The lowest BCUT2D eigenvalue weighted by Crippen LogP contribution is -2.23. The van der Waals surface area contributed by atoms with Crippen molar-refractivity contribution in [1.29, 1.82) is 0 Å². The second kappa shape index (κ2) is 4.36. The average Bonchev–Trinajstić information content (AvgIpc) is 2.67. The highest BCUT2D eigenvalue weighted by Crippen LogP contribution is 2.07. The standard InChI is InChI=1S/C10H12N4O3/c1-6-4-9(15)14(10(11-6)16-3)5-8-13-12-7(2)17-8/h4H,5H2,1-3H3. The lowest BCUT2D eigenvalue weighted by atomic mass is 10.4. The molecule has 0 spiro atoms. The van der Waals surface area contributed by atoms with Crippen LogP contribution in [-0.4, -0.2) is 26.9 Å².